The Morgan fingerprint density at radius 2 is 0.763 bits per heavy atom. The normalized spacial score (nSPS) is 14.7. The van der Waals surface area contributed by atoms with Crippen LogP contribution in [0, 0.1) is 0 Å². The number of para-hydroxylation sites is 8. The van der Waals surface area contributed by atoms with E-state index < -0.39 is 0 Å². The minimum absolute atomic E-state index is 0.919. The van der Waals surface area contributed by atoms with E-state index in [1.807, 2.05) is 0 Å². The van der Waals surface area contributed by atoms with Crippen molar-refractivity contribution in [3.63, 3.8) is 0 Å². The van der Waals surface area contributed by atoms with E-state index in [0.717, 1.165) is 76.9 Å². The lowest BCUT2D eigenvalue weighted by atomic mass is 9.80. The van der Waals surface area contributed by atoms with Gasteiger partial charge in [0, 0.05) is 28.4 Å². The molecule has 11 aromatic carbocycles. The molecule has 0 unspecified atom stereocenters. The molecule has 2 aliphatic carbocycles. The van der Waals surface area contributed by atoms with E-state index in [2.05, 4.69) is 287 Å². The van der Waals surface area contributed by atoms with E-state index >= 15 is 0 Å². The van der Waals surface area contributed by atoms with E-state index in [0.29, 0.717) is 0 Å². The van der Waals surface area contributed by atoms with Crippen LogP contribution >= 0.6 is 0 Å². The van der Waals surface area contributed by atoms with Crippen molar-refractivity contribution < 1.29 is 0 Å². The smallest absolute Gasteiger partial charge is 0.0703 e. The molecule has 4 aliphatic rings. The summed E-state index contributed by atoms with van der Waals surface area (Å²) in [6.45, 7) is 0. The lowest BCUT2D eigenvalue weighted by molar-refractivity contribution is 0.869. The quantitative estimate of drug-likeness (QED) is 0.148. The second-order valence-electron chi connectivity index (χ2n) is 20.2. The zero-order valence-electron chi connectivity index (χ0n) is 42.0. The molecule has 15 rings (SSSR count). The first-order valence-corrected chi connectivity index (χ1v) is 26.7. The number of hydrogen-bond donors (Lipinski definition) is 0. The van der Waals surface area contributed by atoms with Crippen LogP contribution in [0.25, 0.3) is 60.1 Å². The van der Waals surface area contributed by atoms with Crippen LogP contribution in [0.1, 0.15) is 31.2 Å². The standard InChI is InChI=1S/C72H52N4/c1-6-24-49(25-7-1)58-48-59(50-26-8-2-9-27-50)71-56-44-42-54(75-66-38-20-16-34-62(66)73(52-30-12-4-13-31-52)63-35-17-21-39-67(63)75)46-60(56)61-47-55(43-45-57(61)72(71)70(58)51-28-10-3-11-29-51)76-68-40-22-18-36-64(68)74(53-32-14-5-15-33-53)65-37-19-23-41-69(65)76/h2-6,8-22,24-40,42-48H,1,7,23,41H2. The summed E-state index contributed by atoms with van der Waals surface area (Å²) in [6.07, 6.45) is 15.8. The Balaban J connectivity index is 1.06. The van der Waals surface area contributed by atoms with Crippen LogP contribution in [-0.2, 0) is 0 Å². The molecule has 360 valence electrons. The third kappa shape index (κ3) is 6.98. The van der Waals surface area contributed by atoms with Gasteiger partial charge in [-0.05, 0) is 188 Å². The molecule has 4 heteroatoms. The van der Waals surface area contributed by atoms with Crippen molar-refractivity contribution >= 4 is 94.8 Å². The number of rotatable bonds is 7. The number of fused-ring (bicyclic) bond motifs is 9. The highest BCUT2D eigenvalue weighted by Gasteiger charge is 2.34. The molecular formula is C72H52N4. The maximum Gasteiger partial charge on any atom is 0.0703 e. The van der Waals surface area contributed by atoms with Gasteiger partial charge in [-0.15, -0.1) is 0 Å². The molecule has 0 amide bonds. The van der Waals surface area contributed by atoms with Crippen molar-refractivity contribution in [2.45, 2.75) is 25.7 Å². The number of anilines is 10. The van der Waals surface area contributed by atoms with Crippen molar-refractivity contribution in [1.29, 1.82) is 0 Å². The summed E-state index contributed by atoms with van der Waals surface area (Å²) in [7, 11) is 0. The monoisotopic (exact) mass is 972 g/mol. The third-order valence-electron chi connectivity index (χ3n) is 15.9. The van der Waals surface area contributed by atoms with Gasteiger partial charge in [-0.1, -0.05) is 170 Å². The van der Waals surface area contributed by atoms with E-state index in [1.165, 1.54) is 82.8 Å². The summed E-state index contributed by atoms with van der Waals surface area (Å²) < 4.78 is 0. The van der Waals surface area contributed by atoms with Gasteiger partial charge in [-0.25, -0.2) is 0 Å². The van der Waals surface area contributed by atoms with Crippen LogP contribution in [0.3, 0.4) is 0 Å². The molecule has 2 heterocycles. The Bertz CT molecular complexity index is 4180. The van der Waals surface area contributed by atoms with Gasteiger partial charge in [-0.3, -0.25) is 0 Å². The number of benzene rings is 11. The topological polar surface area (TPSA) is 13.0 Å². The molecule has 4 nitrogen and oxygen atoms in total. The second-order valence-corrected chi connectivity index (χ2v) is 20.2. The predicted molar refractivity (Wildman–Crippen MR) is 322 cm³/mol. The zero-order chi connectivity index (χ0) is 50.1. The Morgan fingerprint density at radius 1 is 0.303 bits per heavy atom. The van der Waals surface area contributed by atoms with E-state index in [-0.39, 0.29) is 0 Å². The fourth-order valence-electron chi connectivity index (χ4n) is 12.7. The lowest BCUT2D eigenvalue weighted by Gasteiger charge is -2.42. The van der Waals surface area contributed by atoms with Gasteiger partial charge in [0.25, 0.3) is 0 Å². The Kier molecular flexibility index (Phi) is 10.4. The molecule has 0 fully saturated rings. The first-order valence-electron chi connectivity index (χ1n) is 26.7. The fourth-order valence-corrected chi connectivity index (χ4v) is 12.7. The van der Waals surface area contributed by atoms with Crippen molar-refractivity contribution in [3.05, 3.63) is 284 Å². The van der Waals surface area contributed by atoms with E-state index in [1.54, 1.807) is 0 Å². The first kappa shape index (κ1) is 43.9. The van der Waals surface area contributed by atoms with Gasteiger partial charge in [-0.2, -0.15) is 0 Å². The average Bonchev–Trinajstić information content (AvgIpc) is 3.65. The van der Waals surface area contributed by atoms with Gasteiger partial charge in [0.05, 0.1) is 39.8 Å². The maximum absolute atomic E-state index is 2.56. The number of allylic oxidation sites excluding steroid dienone is 7. The molecule has 0 atom stereocenters. The van der Waals surface area contributed by atoms with Crippen molar-refractivity contribution in [2.24, 2.45) is 0 Å². The van der Waals surface area contributed by atoms with Crippen molar-refractivity contribution in [1.82, 2.24) is 0 Å². The maximum atomic E-state index is 2.56. The van der Waals surface area contributed by atoms with Crippen LogP contribution in [0.4, 0.5) is 56.9 Å². The van der Waals surface area contributed by atoms with Gasteiger partial charge in [0.1, 0.15) is 0 Å². The Morgan fingerprint density at radius 3 is 1.33 bits per heavy atom. The summed E-state index contributed by atoms with van der Waals surface area (Å²) >= 11 is 0. The summed E-state index contributed by atoms with van der Waals surface area (Å²) in [5.74, 6) is 0. The number of nitrogens with zero attached hydrogens (tertiary/aromatic N) is 4. The summed E-state index contributed by atoms with van der Waals surface area (Å²) in [4.78, 5) is 9.89. The molecule has 0 saturated carbocycles. The van der Waals surface area contributed by atoms with Crippen LogP contribution in [-0.4, -0.2) is 0 Å². The third-order valence-corrected chi connectivity index (χ3v) is 15.9. The summed E-state index contributed by atoms with van der Waals surface area (Å²) in [5, 5.41) is 7.39. The minimum Gasteiger partial charge on any atom is -0.310 e. The van der Waals surface area contributed by atoms with Gasteiger partial charge < -0.3 is 19.6 Å². The SMILES string of the molecule is C1=CC(c2cc(-c3ccccc3)c3c4ccc(N5c6ccccc6N(c6ccccc6)c6ccccc65)cc4c4cc(N5C6=C(C=CCC6)N(c6ccccc6)c6ccccc65)ccc4c3c2-c2ccccc2)=CCC1. The molecule has 0 radical (unpaired) electrons. The minimum atomic E-state index is 0.919. The van der Waals surface area contributed by atoms with Gasteiger partial charge >= 0.3 is 0 Å². The van der Waals surface area contributed by atoms with Gasteiger partial charge in [0.15, 0.2) is 0 Å². The molecular weight excluding hydrogens is 921 g/mol. The lowest BCUT2D eigenvalue weighted by Crippen LogP contribution is -2.32. The molecule has 0 aromatic heterocycles. The number of hydrogen-bond acceptors (Lipinski definition) is 4. The molecule has 0 N–H and O–H groups in total. The van der Waals surface area contributed by atoms with Crippen LogP contribution in [0.5, 0.6) is 0 Å². The molecule has 76 heavy (non-hydrogen) atoms. The second kappa shape index (κ2) is 18.1. The molecule has 0 bridgehead atoms. The summed E-state index contributed by atoms with van der Waals surface area (Å²) in [5.41, 5.74) is 21.3. The highest BCUT2D eigenvalue weighted by molar-refractivity contribution is 6.33. The molecule has 0 saturated heterocycles. The Labute approximate surface area is 444 Å². The molecule has 0 spiro atoms. The summed E-state index contributed by atoms with van der Waals surface area (Å²) in [6, 6.07) is 87.6. The first-order chi connectivity index (χ1) is 37.8. The van der Waals surface area contributed by atoms with E-state index in [9.17, 15) is 0 Å². The highest BCUT2D eigenvalue weighted by atomic mass is 15.3. The van der Waals surface area contributed by atoms with Crippen LogP contribution < -0.4 is 19.6 Å². The fraction of sp³-hybridized carbons (Fsp3) is 0.0556. The zero-order valence-corrected chi connectivity index (χ0v) is 42.0. The van der Waals surface area contributed by atoms with Crippen molar-refractivity contribution in [3.8, 4) is 22.3 Å². The highest BCUT2D eigenvalue weighted by Crippen LogP contribution is 2.57. The van der Waals surface area contributed by atoms with Crippen molar-refractivity contribution in [2.75, 3.05) is 19.6 Å². The van der Waals surface area contributed by atoms with Crippen LogP contribution in [0.15, 0.2) is 278 Å². The largest absolute Gasteiger partial charge is 0.310 e. The van der Waals surface area contributed by atoms with Gasteiger partial charge in [0.2, 0.25) is 0 Å². The van der Waals surface area contributed by atoms with Crippen LogP contribution in [0.2, 0.25) is 0 Å². The molecule has 11 aromatic rings. The van der Waals surface area contributed by atoms with E-state index in [4.69, 9.17) is 0 Å². The Hall–Kier alpha value is -9.64. The average molecular weight is 973 g/mol. The molecule has 2 aliphatic heterocycles. The predicted octanol–water partition coefficient (Wildman–Crippen LogP) is 20.3.